The van der Waals surface area contributed by atoms with Crippen LogP contribution in [0.15, 0.2) is 5.16 Å². The monoisotopic (exact) mass is 262 g/mol. The van der Waals surface area contributed by atoms with Gasteiger partial charge in [-0.15, -0.1) is 0 Å². The summed E-state index contributed by atoms with van der Waals surface area (Å²) in [7, 11) is 0. The van der Waals surface area contributed by atoms with E-state index in [0.29, 0.717) is 12.0 Å². The lowest BCUT2D eigenvalue weighted by atomic mass is 9.76. The summed E-state index contributed by atoms with van der Waals surface area (Å²) in [4.78, 5) is 2.77. The number of piperidine rings is 1. The zero-order valence-electron chi connectivity index (χ0n) is 11.8. The summed E-state index contributed by atoms with van der Waals surface area (Å²) >= 11 is 0. The van der Waals surface area contributed by atoms with Gasteiger partial charge in [0.05, 0.1) is 11.8 Å². The maximum atomic E-state index is 9.45. The Bertz CT molecular complexity index is 379. The highest BCUT2D eigenvalue weighted by Crippen LogP contribution is 2.48. The molecule has 3 saturated carbocycles. The Morgan fingerprint density at radius 3 is 2.68 bits per heavy atom. The minimum atomic E-state index is 0.495. The molecular formula is C16H26N2O. The molecule has 0 radical (unpaired) electrons. The minimum absolute atomic E-state index is 0.495. The molecule has 0 unspecified atom stereocenters. The van der Waals surface area contributed by atoms with E-state index in [1.165, 1.54) is 64.3 Å². The van der Waals surface area contributed by atoms with Crippen LogP contribution in [0.5, 0.6) is 0 Å². The molecule has 5 atom stereocenters. The molecule has 0 aromatic heterocycles. The quantitative estimate of drug-likeness (QED) is 0.581. The number of nitrogens with zero attached hydrogens (tertiary/aromatic N) is 2. The van der Waals surface area contributed by atoms with Crippen molar-refractivity contribution in [3.63, 3.8) is 0 Å². The van der Waals surface area contributed by atoms with Gasteiger partial charge in [-0.1, -0.05) is 18.0 Å². The Morgan fingerprint density at radius 2 is 1.79 bits per heavy atom. The van der Waals surface area contributed by atoms with Crippen molar-refractivity contribution in [2.24, 2.45) is 22.9 Å². The summed E-state index contributed by atoms with van der Waals surface area (Å²) in [6, 6.07) is 1.29. The van der Waals surface area contributed by atoms with Crippen LogP contribution in [0, 0.1) is 17.8 Å². The molecule has 0 aromatic carbocycles. The van der Waals surface area contributed by atoms with Crippen molar-refractivity contribution in [1.29, 1.82) is 0 Å². The van der Waals surface area contributed by atoms with Crippen LogP contribution in [-0.4, -0.2) is 34.4 Å². The largest absolute Gasteiger partial charge is 0.411 e. The predicted molar refractivity (Wildman–Crippen MR) is 75.5 cm³/mol. The first-order valence-electron chi connectivity index (χ1n) is 8.36. The molecule has 4 rings (SSSR count). The van der Waals surface area contributed by atoms with Gasteiger partial charge in [-0.05, 0) is 63.3 Å². The molecule has 0 spiro atoms. The Hall–Kier alpha value is -0.570. The smallest absolute Gasteiger partial charge is 0.0775 e. The van der Waals surface area contributed by atoms with Crippen molar-refractivity contribution in [2.75, 3.05) is 6.54 Å². The predicted octanol–water partition coefficient (Wildman–Crippen LogP) is 3.27. The van der Waals surface area contributed by atoms with Crippen LogP contribution in [0.3, 0.4) is 0 Å². The maximum absolute atomic E-state index is 9.45. The molecule has 2 bridgehead atoms. The van der Waals surface area contributed by atoms with Gasteiger partial charge in [0.15, 0.2) is 0 Å². The van der Waals surface area contributed by atoms with E-state index in [1.54, 1.807) is 0 Å². The molecule has 0 amide bonds. The molecule has 0 aromatic rings. The Balaban J connectivity index is 1.60. The van der Waals surface area contributed by atoms with Crippen LogP contribution < -0.4 is 0 Å². The van der Waals surface area contributed by atoms with E-state index >= 15 is 0 Å². The average Bonchev–Trinajstić information content (AvgIpc) is 3.07. The molecule has 1 heterocycles. The van der Waals surface area contributed by atoms with E-state index in [2.05, 4.69) is 10.1 Å². The fourth-order valence-corrected chi connectivity index (χ4v) is 5.64. The van der Waals surface area contributed by atoms with E-state index in [-0.39, 0.29) is 0 Å². The fraction of sp³-hybridized carbons (Fsp3) is 0.938. The molecule has 3 heteroatoms. The standard InChI is InChI=1S/C16H26N2O/c19-17-15-12-7-8-13(10-12)16(15)18-9-3-5-11-4-1-2-6-14(11)18/h11-14,16,19H,1-10H2/b17-15-/t11-,12+,13-,14-,16-/m1/s1. The normalized spacial score (nSPS) is 48.6. The summed E-state index contributed by atoms with van der Waals surface area (Å²) < 4.78 is 0. The van der Waals surface area contributed by atoms with Crippen molar-refractivity contribution >= 4 is 5.71 Å². The molecule has 106 valence electrons. The zero-order chi connectivity index (χ0) is 12.8. The van der Waals surface area contributed by atoms with Crippen LogP contribution in [-0.2, 0) is 0 Å². The van der Waals surface area contributed by atoms with Crippen LogP contribution in [0.25, 0.3) is 0 Å². The van der Waals surface area contributed by atoms with Crippen molar-refractivity contribution in [2.45, 2.75) is 69.9 Å². The number of hydrogen-bond acceptors (Lipinski definition) is 3. The summed E-state index contributed by atoms with van der Waals surface area (Å²) in [6.45, 7) is 1.24. The number of rotatable bonds is 1. The molecule has 4 fully saturated rings. The van der Waals surface area contributed by atoms with Crippen molar-refractivity contribution in [3.05, 3.63) is 0 Å². The molecule has 4 aliphatic rings. The molecule has 3 nitrogen and oxygen atoms in total. The van der Waals surface area contributed by atoms with E-state index in [9.17, 15) is 5.21 Å². The van der Waals surface area contributed by atoms with E-state index in [0.717, 1.165) is 23.6 Å². The highest BCUT2D eigenvalue weighted by molar-refractivity contribution is 5.94. The highest BCUT2D eigenvalue weighted by atomic mass is 16.4. The first kappa shape index (κ1) is 12.2. The lowest BCUT2D eigenvalue weighted by Crippen LogP contribution is -2.55. The van der Waals surface area contributed by atoms with Gasteiger partial charge in [-0.2, -0.15) is 0 Å². The lowest BCUT2D eigenvalue weighted by Gasteiger charge is -2.48. The first-order valence-corrected chi connectivity index (χ1v) is 8.36. The Morgan fingerprint density at radius 1 is 0.947 bits per heavy atom. The Labute approximate surface area is 116 Å². The molecule has 1 N–H and O–H groups in total. The second-order valence-electron chi connectivity index (χ2n) is 7.23. The van der Waals surface area contributed by atoms with E-state index in [1.807, 2.05) is 0 Å². The van der Waals surface area contributed by atoms with E-state index in [4.69, 9.17) is 0 Å². The van der Waals surface area contributed by atoms with Gasteiger partial charge in [-0.25, -0.2) is 0 Å². The second-order valence-corrected chi connectivity index (χ2v) is 7.23. The number of fused-ring (bicyclic) bond motifs is 3. The van der Waals surface area contributed by atoms with Gasteiger partial charge in [0.1, 0.15) is 0 Å². The summed E-state index contributed by atoms with van der Waals surface area (Å²) in [5.74, 6) is 2.32. The van der Waals surface area contributed by atoms with Crippen molar-refractivity contribution < 1.29 is 5.21 Å². The first-order chi connectivity index (χ1) is 9.38. The molecule has 1 saturated heterocycles. The zero-order valence-corrected chi connectivity index (χ0v) is 11.8. The topological polar surface area (TPSA) is 35.8 Å². The second kappa shape index (κ2) is 4.76. The number of likely N-dealkylation sites (tertiary alicyclic amines) is 1. The fourth-order valence-electron chi connectivity index (χ4n) is 5.64. The molecule has 1 aliphatic heterocycles. The third kappa shape index (κ3) is 1.84. The van der Waals surface area contributed by atoms with Gasteiger partial charge >= 0.3 is 0 Å². The van der Waals surface area contributed by atoms with Crippen LogP contribution in [0.1, 0.15) is 57.8 Å². The summed E-state index contributed by atoms with van der Waals surface area (Å²) in [6.07, 6.45) is 12.4. The van der Waals surface area contributed by atoms with Gasteiger partial charge in [-0.3, -0.25) is 4.90 Å². The lowest BCUT2D eigenvalue weighted by molar-refractivity contribution is 0.0305. The van der Waals surface area contributed by atoms with Crippen LogP contribution in [0.4, 0.5) is 0 Å². The Kier molecular flexibility index (Phi) is 3.06. The molecule has 19 heavy (non-hydrogen) atoms. The number of oxime groups is 1. The number of hydrogen-bond donors (Lipinski definition) is 1. The maximum Gasteiger partial charge on any atom is 0.0775 e. The molecular weight excluding hydrogens is 236 g/mol. The summed E-state index contributed by atoms with van der Waals surface area (Å²) in [5.41, 5.74) is 1.14. The SMILES string of the molecule is O/N=C1/[C@H]2CC[C@H](C2)[C@H]1N1CCC[C@H]2CCCC[C@H]21. The average molecular weight is 262 g/mol. The van der Waals surface area contributed by atoms with Crippen LogP contribution >= 0.6 is 0 Å². The van der Waals surface area contributed by atoms with Crippen molar-refractivity contribution in [1.82, 2.24) is 4.90 Å². The summed E-state index contributed by atoms with van der Waals surface area (Å²) in [5, 5.41) is 13.2. The highest BCUT2D eigenvalue weighted by Gasteiger charge is 2.50. The van der Waals surface area contributed by atoms with Gasteiger partial charge < -0.3 is 5.21 Å². The van der Waals surface area contributed by atoms with Gasteiger partial charge in [0.2, 0.25) is 0 Å². The third-order valence-corrected chi connectivity index (χ3v) is 6.40. The molecule has 3 aliphatic carbocycles. The van der Waals surface area contributed by atoms with E-state index < -0.39 is 0 Å². The van der Waals surface area contributed by atoms with Gasteiger partial charge in [0, 0.05) is 12.0 Å². The van der Waals surface area contributed by atoms with Gasteiger partial charge in [0.25, 0.3) is 0 Å². The third-order valence-electron chi connectivity index (χ3n) is 6.40. The minimum Gasteiger partial charge on any atom is -0.411 e. The van der Waals surface area contributed by atoms with Crippen LogP contribution in [0.2, 0.25) is 0 Å². The van der Waals surface area contributed by atoms with Crippen molar-refractivity contribution in [3.8, 4) is 0 Å².